The van der Waals surface area contributed by atoms with E-state index in [0.29, 0.717) is 31.9 Å². The summed E-state index contributed by atoms with van der Waals surface area (Å²) in [6.07, 6.45) is 0. The third-order valence-electron chi connectivity index (χ3n) is 5.98. The minimum absolute atomic E-state index is 0.245. The molecule has 1 aliphatic rings. The van der Waals surface area contributed by atoms with Gasteiger partial charge in [-0.1, -0.05) is 31.5 Å². The average molecular weight is 431 g/mol. The molecule has 1 aliphatic heterocycles. The Hall–Kier alpha value is -2.05. The average Bonchev–Trinajstić information content (AvgIpc) is 2.66. The minimum atomic E-state index is -3.63. The second-order valence-corrected chi connectivity index (χ2v) is 10.6. The fourth-order valence-electron chi connectivity index (χ4n) is 4.62. The molecule has 1 heterocycles. The van der Waals surface area contributed by atoms with Crippen LogP contribution < -0.4 is 9.64 Å². The van der Waals surface area contributed by atoms with Gasteiger partial charge in [-0.3, -0.25) is 0 Å². The Morgan fingerprint density at radius 2 is 1.43 bits per heavy atom. The van der Waals surface area contributed by atoms with E-state index in [1.807, 2.05) is 13.0 Å². The summed E-state index contributed by atoms with van der Waals surface area (Å²) < 4.78 is 34.1. The molecular weight excluding hydrogens is 396 g/mol. The maximum Gasteiger partial charge on any atom is 0.246 e. The highest BCUT2D eigenvalue weighted by atomic mass is 32.2. The van der Waals surface area contributed by atoms with Gasteiger partial charge in [-0.2, -0.15) is 4.31 Å². The Morgan fingerprint density at radius 3 is 1.93 bits per heavy atom. The molecule has 0 atom stereocenters. The Morgan fingerprint density at radius 1 is 0.867 bits per heavy atom. The van der Waals surface area contributed by atoms with Gasteiger partial charge in [0.15, 0.2) is 0 Å². The van der Waals surface area contributed by atoms with E-state index in [1.54, 1.807) is 10.4 Å². The summed E-state index contributed by atoms with van der Waals surface area (Å²) in [6, 6.07) is 8.03. The molecule has 0 aromatic heterocycles. The number of ether oxygens (including phenoxy) is 1. The third kappa shape index (κ3) is 4.21. The lowest BCUT2D eigenvalue weighted by molar-refractivity contribution is 0.374. The van der Waals surface area contributed by atoms with Crippen molar-refractivity contribution in [3.05, 3.63) is 52.1 Å². The zero-order valence-electron chi connectivity index (χ0n) is 19.2. The first-order chi connectivity index (χ1) is 14.1. The SMILES string of the molecule is COc1cc(C)c(C(C)C)cc1S(=O)(=O)N1CCN(c2c(C)cc(C)cc2C)CC1. The van der Waals surface area contributed by atoms with Crippen LogP contribution in [0.3, 0.4) is 0 Å². The van der Waals surface area contributed by atoms with Gasteiger partial charge in [0.25, 0.3) is 0 Å². The molecule has 6 heteroatoms. The van der Waals surface area contributed by atoms with E-state index < -0.39 is 10.0 Å². The molecule has 2 aromatic rings. The number of anilines is 1. The predicted octanol–water partition coefficient (Wildman–Crippen LogP) is 4.56. The molecule has 0 bridgehead atoms. The smallest absolute Gasteiger partial charge is 0.246 e. The first kappa shape index (κ1) is 22.6. The maximum atomic E-state index is 13.5. The summed E-state index contributed by atoms with van der Waals surface area (Å²) in [5.74, 6) is 0.666. The van der Waals surface area contributed by atoms with Gasteiger partial charge in [-0.15, -0.1) is 0 Å². The van der Waals surface area contributed by atoms with Crippen LogP contribution in [0.5, 0.6) is 5.75 Å². The van der Waals surface area contributed by atoms with E-state index in [0.717, 1.165) is 11.1 Å². The number of sulfonamides is 1. The fourth-order valence-corrected chi connectivity index (χ4v) is 6.22. The lowest BCUT2D eigenvalue weighted by atomic mass is 9.98. The highest BCUT2D eigenvalue weighted by molar-refractivity contribution is 7.89. The fraction of sp³-hybridized carbons (Fsp3) is 0.500. The molecule has 30 heavy (non-hydrogen) atoms. The van der Waals surface area contributed by atoms with Crippen molar-refractivity contribution in [1.82, 2.24) is 4.31 Å². The van der Waals surface area contributed by atoms with Crippen molar-refractivity contribution < 1.29 is 13.2 Å². The number of hydrogen-bond acceptors (Lipinski definition) is 4. The molecule has 0 aliphatic carbocycles. The van der Waals surface area contributed by atoms with Gasteiger partial charge in [-0.25, -0.2) is 8.42 Å². The monoisotopic (exact) mass is 430 g/mol. The molecule has 0 N–H and O–H groups in total. The van der Waals surface area contributed by atoms with Crippen molar-refractivity contribution in [3.8, 4) is 5.75 Å². The van der Waals surface area contributed by atoms with Crippen LogP contribution in [-0.2, 0) is 10.0 Å². The van der Waals surface area contributed by atoms with E-state index in [-0.39, 0.29) is 10.8 Å². The predicted molar refractivity (Wildman–Crippen MR) is 123 cm³/mol. The second kappa shape index (κ2) is 8.60. The highest BCUT2D eigenvalue weighted by Gasteiger charge is 2.32. The molecule has 3 rings (SSSR count). The molecule has 0 saturated carbocycles. The van der Waals surface area contributed by atoms with Gasteiger partial charge in [0.1, 0.15) is 10.6 Å². The number of methoxy groups -OCH3 is 1. The largest absolute Gasteiger partial charge is 0.495 e. The summed E-state index contributed by atoms with van der Waals surface area (Å²) in [6.45, 7) is 14.8. The first-order valence-electron chi connectivity index (χ1n) is 10.6. The second-order valence-electron chi connectivity index (χ2n) is 8.65. The summed E-state index contributed by atoms with van der Waals surface area (Å²) >= 11 is 0. The summed E-state index contributed by atoms with van der Waals surface area (Å²) in [4.78, 5) is 2.58. The number of aryl methyl sites for hydroxylation is 4. The topological polar surface area (TPSA) is 49.9 Å². The zero-order valence-corrected chi connectivity index (χ0v) is 20.1. The van der Waals surface area contributed by atoms with E-state index in [2.05, 4.69) is 51.7 Å². The van der Waals surface area contributed by atoms with E-state index in [9.17, 15) is 8.42 Å². The van der Waals surface area contributed by atoms with Crippen LogP contribution in [0, 0.1) is 27.7 Å². The van der Waals surface area contributed by atoms with Crippen molar-refractivity contribution in [1.29, 1.82) is 0 Å². The van der Waals surface area contributed by atoms with Crippen LogP contribution in [0.25, 0.3) is 0 Å². The van der Waals surface area contributed by atoms with Crippen LogP contribution in [0.2, 0.25) is 0 Å². The molecule has 164 valence electrons. The summed E-state index contributed by atoms with van der Waals surface area (Å²) in [7, 11) is -2.10. The van der Waals surface area contributed by atoms with Crippen LogP contribution in [0.1, 0.15) is 47.6 Å². The molecule has 0 unspecified atom stereocenters. The summed E-state index contributed by atoms with van der Waals surface area (Å²) in [5.41, 5.74) is 7.06. The Bertz CT molecular complexity index is 1010. The molecule has 1 fully saturated rings. The van der Waals surface area contributed by atoms with Crippen LogP contribution in [-0.4, -0.2) is 46.0 Å². The Labute approximate surface area is 181 Å². The number of benzene rings is 2. The quantitative estimate of drug-likeness (QED) is 0.698. The summed E-state index contributed by atoms with van der Waals surface area (Å²) in [5, 5.41) is 0. The normalized spacial score (nSPS) is 15.7. The molecule has 2 aromatic carbocycles. The number of nitrogens with zero attached hydrogens (tertiary/aromatic N) is 2. The van der Waals surface area contributed by atoms with Crippen LogP contribution in [0.15, 0.2) is 29.2 Å². The van der Waals surface area contributed by atoms with E-state index in [4.69, 9.17) is 4.74 Å². The molecule has 0 spiro atoms. The molecule has 0 radical (unpaired) electrons. The van der Waals surface area contributed by atoms with Crippen molar-refractivity contribution in [2.75, 3.05) is 38.2 Å². The van der Waals surface area contributed by atoms with Gasteiger partial charge in [-0.05, 0) is 68.0 Å². The highest BCUT2D eigenvalue weighted by Crippen LogP contribution is 2.34. The standard InChI is InChI=1S/C24H34N2O3S/c1-16(2)21-15-23(22(29-7)14-18(21)4)30(27,28)26-10-8-25(9-11-26)24-19(5)12-17(3)13-20(24)6/h12-16H,8-11H2,1-7H3. The van der Waals surface area contributed by atoms with Gasteiger partial charge in [0, 0.05) is 31.9 Å². The van der Waals surface area contributed by atoms with Gasteiger partial charge in [0.2, 0.25) is 10.0 Å². The van der Waals surface area contributed by atoms with Crippen LogP contribution >= 0.6 is 0 Å². The lowest BCUT2D eigenvalue weighted by Gasteiger charge is -2.37. The lowest BCUT2D eigenvalue weighted by Crippen LogP contribution is -2.49. The minimum Gasteiger partial charge on any atom is -0.495 e. The van der Waals surface area contributed by atoms with Crippen molar-refractivity contribution in [2.45, 2.75) is 52.4 Å². The molecule has 0 amide bonds. The van der Waals surface area contributed by atoms with Gasteiger partial charge < -0.3 is 9.64 Å². The van der Waals surface area contributed by atoms with Gasteiger partial charge >= 0.3 is 0 Å². The zero-order chi connectivity index (χ0) is 22.2. The number of rotatable bonds is 5. The van der Waals surface area contributed by atoms with Crippen LogP contribution in [0.4, 0.5) is 5.69 Å². The Balaban J connectivity index is 1.88. The molecular formula is C24H34N2O3S. The van der Waals surface area contributed by atoms with Crippen molar-refractivity contribution >= 4 is 15.7 Å². The first-order valence-corrected chi connectivity index (χ1v) is 12.0. The molecule has 1 saturated heterocycles. The van der Waals surface area contributed by atoms with Gasteiger partial charge in [0.05, 0.1) is 7.11 Å². The van der Waals surface area contributed by atoms with Crippen molar-refractivity contribution in [2.24, 2.45) is 0 Å². The number of piperazine rings is 1. The van der Waals surface area contributed by atoms with Crippen molar-refractivity contribution in [3.63, 3.8) is 0 Å². The van der Waals surface area contributed by atoms with E-state index in [1.165, 1.54) is 29.5 Å². The van der Waals surface area contributed by atoms with E-state index >= 15 is 0 Å². The number of hydrogen-bond donors (Lipinski definition) is 0. The Kier molecular flexibility index (Phi) is 6.48. The molecule has 5 nitrogen and oxygen atoms in total. The maximum absolute atomic E-state index is 13.5. The third-order valence-corrected chi connectivity index (χ3v) is 7.90.